The molecule has 1 rings (SSSR count). The van der Waals surface area contributed by atoms with E-state index >= 15 is 0 Å². The number of carbonyl (C=O) groups excluding carboxylic acids is 2. The lowest BCUT2D eigenvalue weighted by Gasteiger charge is -2.21. The second kappa shape index (κ2) is 5.95. The summed E-state index contributed by atoms with van der Waals surface area (Å²) in [5, 5.41) is 0. The minimum Gasteiger partial charge on any atom is -0.341 e. The van der Waals surface area contributed by atoms with Gasteiger partial charge in [0, 0.05) is 32.4 Å². The van der Waals surface area contributed by atoms with Crippen molar-refractivity contribution in [2.24, 2.45) is 0 Å². The van der Waals surface area contributed by atoms with E-state index in [2.05, 4.69) is 0 Å². The van der Waals surface area contributed by atoms with Gasteiger partial charge in [0.05, 0.1) is 6.54 Å². The number of nitrogens with zero attached hydrogens (tertiary/aromatic N) is 2. The van der Waals surface area contributed by atoms with Gasteiger partial charge in [0.1, 0.15) is 0 Å². The fraction of sp³-hybridized carbons (Fsp3) is 0.800. The molecule has 0 atom stereocenters. The molecule has 5 heteroatoms. The lowest BCUT2D eigenvalue weighted by molar-refractivity contribution is -0.138. The van der Waals surface area contributed by atoms with Crippen molar-refractivity contribution in [1.82, 2.24) is 9.80 Å². The Hall–Kier alpha value is -0.770. The molecule has 1 heterocycles. The van der Waals surface area contributed by atoms with E-state index in [1.165, 1.54) is 4.90 Å². The first kappa shape index (κ1) is 12.3. The molecule has 4 nitrogen and oxygen atoms in total. The first-order valence-corrected chi connectivity index (χ1v) is 5.76. The Labute approximate surface area is 95.2 Å². The van der Waals surface area contributed by atoms with E-state index < -0.39 is 0 Å². The number of likely N-dealkylation sites (N-methyl/N-ethyl adjacent to an activating group) is 1. The molecule has 1 aliphatic rings. The van der Waals surface area contributed by atoms with Crippen LogP contribution in [0, 0.1) is 0 Å². The Morgan fingerprint density at radius 3 is 2.47 bits per heavy atom. The van der Waals surface area contributed by atoms with E-state index in [0.29, 0.717) is 12.3 Å². The summed E-state index contributed by atoms with van der Waals surface area (Å²) in [5.41, 5.74) is 0. The number of rotatable bonds is 4. The van der Waals surface area contributed by atoms with E-state index in [4.69, 9.17) is 11.6 Å². The molecule has 1 fully saturated rings. The van der Waals surface area contributed by atoms with Gasteiger partial charge < -0.3 is 9.80 Å². The van der Waals surface area contributed by atoms with Gasteiger partial charge in [0.15, 0.2) is 0 Å². The summed E-state index contributed by atoms with van der Waals surface area (Å²) in [4.78, 5) is 26.3. The molecule has 15 heavy (non-hydrogen) atoms. The Kier molecular flexibility index (Phi) is 4.88. The molecule has 0 spiro atoms. The normalized spacial score (nSPS) is 15.5. The van der Waals surface area contributed by atoms with Crippen molar-refractivity contribution in [2.75, 3.05) is 32.6 Å². The third-order valence-electron chi connectivity index (χ3n) is 2.57. The molecule has 0 radical (unpaired) electrons. The fourth-order valence-electron chi connectivity index (χ4n) is 1.63. The average Bonchev–Trinajstić information content (AvgIpc) is 2.70. The maximum atomic E-state index is 11.7. The quantitative estimate of drug-likeness (QED) is 0.670. The van der Waals surface area contributed by atoms with Gasteiger partial charge in [-0.25, -0.2) is 0 Å². The highest BCUT2D eigenvalue weighted by Crippen LogP contribution is 2.07. The van der Waals surface area contributed by atoms with Gasteiger partial charge in [-0.1, -0.05) is 0 Å². The standard InChI is InChI=1S/C10H17ClN2O2/c1-12(9(14)4-5-11)8-10(15)13-6-2-3-7-13/h2-8H2,1H3. The zero-order valence-electron chi connectivity index (χ0n) is 9.04. The van der Waals surface area contributed by atoms with Gasteiger partial charge in [-0.15, -0.1) is 11.6 Å². The van der Waals surface area contributed by atoms with Gasteiger partial charge in [0.2, 0.25) is 11.8 Å². The lowest BCUT2D eigenvalue weighted by atomic mass is 10.4. The van der Waals surface area contributed by atoms with Gasteiger partial charge in [-0.05, 0) is 12.8 Å². The first-order chi connectivity index (χ1) is 7.15. The van der Waals surface area contributed by atoms with Crippen LogP contribution in [0.3, 0.4) is 0 Å². The van der Waals surface area contributed by atoms with E-state index in [1.807, 2.05) is 4.90 Å². The molecule has 86 valence electrons. The van der Waals surface area contributed by atoms with E-state index in [-0.39, 0.29) is 18.4 Å². The topological polar surface area (TPSA) is 40.6 Å². The van der Waals surface area contributed by atoms with Crippen molar-refractivity contribution >= 4 is 23.4 Å². The summed E-state index contributed by atoms with van der Waals surface area (Å²) in [6.45, 7) is 1.84. The minimum absolute atomic E-state index is 0.0397. The highest BCUT2D eigenvalue weighted by molar-refractivity contribution is 6.18. The molecule has 0 aromatic heterocycles. The molecule has 0 aromatic carbocycles. The van der Waals surface area contributed by atoms with E-state index in [1.54, 1.807) is 7.05 Å². The molecule has 1 saturated heterocycles. The summed E-state index contributed by atoms with van der Waals surface area (Å²) in [5.74, 6) is 0.275. The van der Waals surface area contributed by atoms with Crippen molar-refractivity contribution in [3.8, 4) is 0 Å². The van der Waals surface area contributed by atoms with Crippen LogP contribution < -0.4 is 0 Å². The van der Waals surface area contributed by atoms with Crippen LogP contribution in [-0.4, -0.2) is 54.2 Å². The predicted octanol–water partition coefficient (Wildman–Crippen LogP) is 0.696. The van der Waals surface area contributed by atoms with Crippen LogP contribution in [0.1, 0.15) is 19.3 Å². The number of alkyl halides is 1. The lowest BCUT2D eigenvalue weighted by Crippen LogP contribution is -2.39. The zero-order valence-corrected chi connectivity index (χ0v) is 9.79. The molecule has 0 saturated carbocycles. The van der Waals surface area contributed by atoms with E-state index in [9.17, 15) is 9.59 Å². The molecule has 0 bridgehead atoms. The van der Waals surface area contributed by atoms with Crippen LogP contribution in [0.4, 0.5) is 0 Å². The third kappa shape index (κ3) is 3.70. The second-order valence-electron chi connectivity index (χ2n) is 3.78. The fourth-order valence-corrected chi connectivity index (χ4v) is 1.79. The van der Waals surface area contributed by atoms with Crippen molar-refractivity contribution in [2.45, 2.75) is 19.3 Å². The smallest absolute Gasteiger partial charge is 0.242 e. The predicted molar refractivity (Wildman–Crippen MR) is 58.8 cm³/mol. The van der Waals surface area contributed by atoms with Crippen LogP contribution in [0.5, 0.6) is 0 Å². The summed E-state index contributed by atoms with van der Waals surface area (Å²) in [6.07, 6.45) is 2.45. The summed E-state index contributed by atoms with van der Waals surface area (Å²) in [7, 11) is 1.64. The third-order valence-corrected chi connectivity index (χ3v) is 2.75. The number of halogens is 1. The Morgan fingerprint density at radius 1 is 1.33 bits per heavy atom. The van der Waals surface area contributed by atoms with E-state index in [0.717, 1.165) is 25.9 Å². The molecular weight excluding hydrogens is 216 g/mol. The van der Waals surface area contributed by atoms with Crippen molar-refractivity contribution in [1.29, 1.82) is 0 Å². The molecule has 1 aliphatic heterocycles. The summed E-state index contributed by atoms with van der Waals surface area (Å²) < 4.78 is 0. The Morgan fingerprint density at radius 2 is 1.93 bits per heavy atom. The maximum Gasteiger partial charge on any atom is 0.242 e. The van der Waals surface area contributed by atoms with Crippen molar-refractivity contribution < 1.29 is 9.59 Å². The largest absolute Gasteiger partial charge is 0.341 e. The highest BCUT2D eigenvalue weighted by atomic mass is 35.5. The first-order valence-electron chi connectivity index (χ1n) is 5.23. The van der Waals surface area contributed by atoms with Crippen molar-refractivity contribution in [3.63, 3.8) is 0 Å². The highest BCUT2D eigenvalue weighted by Gasteiger charge is 2.20. The SMILES string of the molecule is CN(CC(=O)N1CCCC1)C(=O)CCCl. The minimum atomic E-state index is -0.0717. The van der Waals surface area contributed by atoms with Gasteiger partial charge >= 0.3 is 0 Å². The Bertz CT molecular complexity index is 240. The number of carbonyl (C=O) groups is 2. The molecular formula is C10H17ClN2O2. The van der Waals surface area contributed by atoms with Crippen molar-refractivity contribution in [3.05, 3.63) is 0 Å². The van der Waals surface area contributed by atoms with Crippen LogP contribution in [0.2, 0.25) is 0 Å². The number of amides is 2. The van der Waals surface area contributed by atoms with Gasteiger partial charge in [-0.3, -0.25) is 9.59 Å². The maximum absolute atomic E-state index is 11.7. The molecule has 0 aromatic rings. The average molecular weight is 233 g/mol. The van der Waals surface area contributed by atoms with Crippen LogP contribution in [-0.2, 0) is 9.59 Å². The van der Waals surface area contributed by atoms with Crippen LogP contribution in [0.15, 0.2) is 0 Å². The molecule has 2 amide bonds. The molecule has 0 aliphatic carbocycles. The number of hydrogen-bond donors (Lipinski definition) is 0. The molecule has 0 N–H and O–H groups in total. The summed E-state index contributed by atoms with van der Waals surface area (Å²) in [6, 6.07) is 0. The monoisotopic (exact) mass is 232 g/mol. The Balaban J connectivity index is 2.33. The summed E-state index contributed by atoms with van der Waals surface area (Å²) >= 11 is 5.46. The zero-order chi connectivity index (χ0) is 11.3. The van der Waals surface area contributed by atoms with Gasteiger partial charge in [0.25, 0.3) is 0 Å². The van der Waals surface area contributed by atoms with Crippen LogP contribution in [0.25, 0.3) is 0 Å². The van der Waals surface area contributed by atoms with Crippen LogP contribution >= 0.6 is 11.6 Å². The number of likely N-dealkylation sites (tertiary alicyclic amines) is 1. The number of hydrogen-bond acceptors (Lipinski definition) is 2. The van der Waals surface area contributed by atoms with Gasteiger partial charge in [-0.2, -0.15) is 0 Å². The second-order valence-corrected chi connectivity index (χ2v) is 4.15. The molecule has 0 unspecified atom stereocenters.